The number of hydrogen-bond donors (Lipinski definition) is 2. The SMILES string of the molecule is Clc1ccc(CNCCNCc2ccc(Cl)nc2)cn1. The molecule has 2 N–H and O–H groups in total. The van der Waals surface area contributed by atoms with E-state index in [0.717, 1.165) is 37.3 Å². The molecular formula is C14H16Cl2N4. The smallest absolute Gasteiger partial charge is 0.129 e. The quantitative estimate of drug-likeness (QED) is 0.610. The fourth-order valence-corrected chi connectivity index (χ4v) is 1.89. The van der Waals surface area contributed by atoms with E-state index in [1.54, 1.807) is 24.5 Å². The molecule has 6 heteroatoms. The average molecular weight is 311 g/mol. The molecule has 0 bridgehead atoms. The van der Waals surface area contributed by atoms with E-state index in [0.29, 0.717) is 10.3 Å². The number of halogens is 2. The van der Waals surface area contributed by atoms with Gasteiger partial charge in [-0.2, -0.15) is 0 Å². The molecule has 20 heavy (non-hydrogen) atoms. The molecule has 0 aromatic carbocycles. The van der Waals surface area contributed by atoms with Gasteiger partial charge in [0.15, 0.2) is 0 Å². The van der Waals surface area contributed by atoms with Gasteiger partial charge in [0.05, 0.1) is 0 Å². The minimum Gasteiger partial charge on any atom is -0.311 e. The lowest BCUT2D eigenvalue weighted by molar-refractivity contribution is 0.610. The normalized spacial score (nSPS) is 10.7. The van der Waals surface area contributed by atoms with Crippen molar-refractivity contribution in [2.24, 2.45) is 0 Å². The predicted molar refractivity (Wildman–Crippen MR) is 81.9 cm³/mol. The third-order valence-electron chi connectivity index (χ3n) is 2.71. The molecule has 0 aliphatic heterocycles. The molecule has 0 aliphatic carbocycles. The molecule has 0 aliphatic rings. The van der Waals surface area contributed by atoms with Gasteiger partial charge < -0.3 is 10.6 Å². The van der Waals surface area contributed by atoms with Gasteiger partial charge in [-0.25, -0.2) is 9.97 Å². The third kappa shape index (κ3) is 5.43. The molecule has 2 aromatic rings. The second kappa shape index (κ2) is 8.17. The lowest BCUT2D eigenvalue weighted by Crippen LogP contribution is -2.26. The number of nitrogens with zero attached hydrogens (tertiary/aromatic N) is 2. The Hall–Kier alpha value is -1.20. The molecule has 0 fully saturated rings. The first-order valence-electron chi connectivity index (χ1n) is 6.36. The second-order valence-electron chi connectivity index (χ2n) is 4.33. The van der Waals surface area contributed by atoms with E-state index in [2.05, 4.69) is 20.6 Å². The van der Waals surface area contributed by atoms with Gasteiger partial charge in [0.2, 0.25) is 0 Å². The standard InChI is InChI=1S/C14H16Cl2N4/c15-13-3-1-11(9-19-13)7-17-5-6-18-8-12-2-4-14(16)20-10-12/h1-4,9-10,17-18H,5-8H2. The molecule has 0 saturated carbocycles. The number of rotatable bonds is 7. The largest absolute Gasteiger partial charge is 0.311 e. The van der Waals surface area contributed by atoms with Gasteiger partial charge in [0, 0.05) is 38.6 Å². The summed E-state index contributed by atoms with van der Waals surface area (Å²) in [5.41, 5.74) is 2.24. The Balaban J connectivity index is 1.57. The van der Waals surface area contributed by atoms with Crippen molar-refractivity contribution in [3.63, 3.8) is 0 Å². The minimum absolute atomic E-state index is 0.520. The fourth-order valence-electron chi connectivity index (χ4n) is 1.66. The van der Waals surface area contributed by atoms with Crippen LogP contribution in [0.25, 0.3) is 0 Å². The molecule has 106 valence electrons. The van der Waals surface area contributed by atoms with Gasteiger partial charge in [-0.15, -0.1) is 0 Å². The Labute approximate surface area is 128 Å². The van der Waals surface area contributed by atoms with E-state index in [9.17, 15) is 0 Å². The lowest BCUT2D eigenvalue weighted by Gasteiger charge is -2.07. The summed E-state index contributed by atoms with van der Waals surface area (Å²) in [6, 6.07) is 7.53. The summed E-state index contributed by atoms with van der Waals surface area (Å²) in [5.74, 6) is 0. The van der Waals surface area contributed by atoms with Gasteiger partial charge in [-0.05, 0) is 23.3 Å². The fraction of sp³-hybridized carbons (Fsp3) is 0.286. The van der Waals surface area contributed by atoms with Crippen molar-refractivity contribution in [1.82, 2.24) is 20.6 Å². The van der Waals surface area contributed by atoms with Crippen molar-refractivity contribution in [2.45, 2.75) is 13.1 Å². The van der Waals surface area contributed by atoms with Crippen molar-refractivity contribution in [1.29, 1.82) is 0 Å². The number of aromatic nitrogens is 2. The molecule has 4 nitrogen and oxygen atoms in total. The zero-order valence-corrected chi connectivity index (χ0v) is 12.5. The van der Waals surface area contributed by atoms with Crippen LogP contribution in [-0.2, 0) is 13.1 Å². The summed E-state index contributed by atoms with van der Waals surface area (Å²) in [6.45, 7) is 3.33. The third-order valence-corrected chi connectivity index (χ3v) is 3.16. The zero-order chi connectivity index (χ0) is 14.2. The second-order valence-corrected chi connectivity index (χ2v) is 5.11. The highest BCUT2D eigenvalue weighted by atomic mass is 35.5. The molecule has 0 radical (unpaired) electrons. The summed E-state index contributed by atoms with van der Waals surface area (Å²) in [6.07, 6.45) is 3.56. The van der Waals surface area contributed by atoms with E-state index in [1.807, 2.05) is 12.1 Å². The average Bonchev–Trinajstić information content (AvgIpc) is 2.46. The molecule has 0 spiro atoms. The molecule has 0 atom stereocenters. The monoisotopic (exact) mass is 310 g/mol. The van der Waals surface area contributed by atoms with E-state index in [4.69, 9.17) is 23.2 Å². The van der Waals surface area contributed by atoms with Crippen molar-refractivity contribution in [3.05, 3.63) is 58.1 Å². The molecule has 2 aromatic heterocycles. The van der Waals surface area contributed by atoms with Crippen molar-refractivity contribution >= 4 is 23.2 Å². The Morgan fingerprint density at radius 3 is 1.55 bits per heavy atom. The van der Waals surface area contributed by atoms with E-state index in [-0.39, 0.29) is 0 Å². The van der Waals surface area contributed by atoms with Gasteiger partial charge >= 0.3 is 0 Å². The first kappa shape index (κ1) is 15.2. The molecular weight excluding hydrogens is 295 g/mol. The number of nitrogens with one attached hydrogen (secondary N) is 2. The Kier molecular flexibility index (Phi) is 6.21. The topological polar surface area (TPSA) is 49.8 Å². The van der Waals surface area contributed by atoms with Crippen molar-refractivity contribution in [2.75, 3.05) is 13.1 Å². The van der Waals surface area contributed by atoms with E-state index in [1.165, 1.54) is 0 Å². The van der Waals surface area contributed by atoms with Crippen LogP contribution in [0, 0.1) is 0 Å². The Morgan fingerprint density at radius 1 is 0.750 bits per heavy atom. The van der Waals surface area contributed by atoms with Crippen molar-refractivity contribution in [3.8, 4) is 0 Å². The van der Waals surface area contributed by atoms with Crippen LogP contribution in [0.1, 0.15) is 11.1 Å². The summed E-state index contributed by atoms with van der Waals surface area (Å²) >= 11 is 11.5. The maximum atomic E-state index is 5.73. The summed E-state index contributed by atoms with van der Waals surface area (Å²) < 4.78 is 0. The number of pyridine rings is 2. The first-order chi connectivity index (χ1) is 9.74. The van der Waals surface area contributed by atoms with Crippen LogP contribution in [0.15, 0.2) is 36.7 Å². The van der Waals surface area contributed by atoms with E-state index < -0.39 is 0 Å². The summed E-state index contributed by atoms with van der Waals surface area (Å²) in [5, 5.41) is 7.71. The van der Waals surface area contributed by atoms with Crippen LogP contribution in [0.2, 0.25) is 10.3 Å². The zero-order valence-electron chi connectivity index (χ0n) is 10.9. The van der Waals surface area contributed by atoms with E-state index >= 15 is 0 Å². The lowest BCUT2D eigenvalue weighted by atomic mass is 10.3. The van der Waals surface area contributed by atoms with Gasteiger partial charge in [0.1, 0.15) is 10.3 Å². The predicted octanol–water partition coefficient (Wildman–Crippen LogP) is 2.66. The van der Waals surface area contributed by atoms with Gasteiger partial charge in [0.25, 0.3) is 0 Å². The Morgan fingerprint density at radius 2 is 1.20 bits per heavy atom. The molecule has 2 rings (SSSR count). The minimum atomic E-state index is 0.520. The van der Waals surface area contributed by atoms with Crippen LogP contribution in [0.5, 0.6) is 0 Å². The van der Waals surface area contributed by atoms with Crippen molar-refractivity contribution < 1.29 is 0 Å². The molecule has 2 heterocycles. The first-order valence-corrected chi connectivity index (χ1v) is 7.12. The summed E-state index contributed by atoms with van der Waals surface area (Å²) in [4.78, 5) is 8.07. The van der Waals surface area contributed by atoms with Crippen LogP contribution < -0.4 is 10.6 Å². The maximum Gasteiger partial charge on any atom is 0.129 e. The molecule has 0 saturated heterocycles. The van der Waals surface area contributed by atoms with Crippen LogP contribution in [-0.4, -0.2) is 23.1 Å². The number of hydrogen-bond acceptors (Lipinski definition) is 4. The highest BCUT2D eigenvalue weighted by molar-refractivity contribution is 6.29. The molecule has 0 amide bonds. The highest BCUT2D eigenvalue weighted by Gasteiger charge is 1.95. The van der Waals surface area contributed by atoms with Gasteiger partial charge in [-0.3, -0.25) is 0 Å². The van der Waals surface area contributed by atoms with Crippen LogP contribution >= 0.6 is 23.2 Å². The molecule has 0 unspecified atom stereocenters. The van der Waals surface area contributed by atoms with Crippen LogP contribution in [0.3, 0.4) is 0 Å². The summed E-state index contributed by atoms with van der Waals surface area (Å²) in [7, 11) is 0. The highest BCUT2D eigenvalue weighted by Crippen LogP contribution is 2.05. The van der Waals surface area contributed by atoms with Gasteiger partial charge in [-0.1, -0.05) is 35.3 Å². The maximum absolute atomic E-state index is 5.73. The Bertz CT molecular complexity index is 464. The van der Waals surface area contributed by atoms with Crippen LogP contribution in [0.4, 0.5) is 0 Å².